The van der Waals surface area contributed by atoms with Gasteiger partial charge in [0.05, 0.1) is 11.6 Å². The molecule has 0 aliphatic carbocycles. The normalized spacial score (nSPS) is 11.2. The molecule has 3 nitrogen and oxygen atoms in total. The first-order chi connectivity index (χ1) is 9.60. The molecule has 0 unspecified atom stereocenters. The minimum absolute atomic E-state index is 0.205. The lowest BCUT2D eigenvalue weighted by Crippen LogP contribution is -2.02. The number of imidazole rings is 1. The predicted octanol–water partition coefficient (Wildman–Crippen LogP) is 4.82. The molecule has 102 valence electrons. The van der Waals surface area contributed by atoms with Gasteiger partial charge in [-0.25, -0.2) is 14.4 Å². The lowest BCUT2D eigenvalue weighted by Gasteiger charge is -2.09. The van der Waals surface area contributed by atoms with Crippen molar-refractivity contribution in [2.24, 2.45) is 0 Å². The zero-order valence-electron chi connectivity index (χ0n) is 9.95. The van der Waals surface area contributed by atoms with Crippen LogP contribution in [0, 0.1) is 5.82 Å². The molecule has 3 rings (SSSR count). The first-order valence-electron chi connectivity index (χ1n) is 5.64. The van der Waals surface area contributed by atoms with Crippen molar-refractivity contribution in [3.8, 4) is 5.69 Å². The fourth-order valence-electron chi connectivity index (χ4n) is 1.99. The van der Waals surface area contributed by atoms with Gasteiger partial charge < -0.3 is 0 Å². The first kappa shape index (κ1) is 14.0. The van der Waals surface area contributed by atoms with Crippen molar-refractivity contribution in [3.05, 3.63) is 51.0 Å². The second-order valence-electron chi connectivity index (χ2n) is 4.09. The Morgan fingerprint density at radius 3 is 2.80 bits per heavy atom. The van der Waals surface area contributed by atoms with Crippen LogP contribution in [0.4, 0.5) is 4.39 Å². The van der Waals surface area contributed by atoms with E-state index in [1.807, 2.05) is 6.07 Å². The highest BCUT2D eigenvalue weighted by Crippen LogP contribution is 2.28. The van der Waals surface area contributed by atoms with Gasteiger partial charge in [0.1, 0.15) is 17.2 Å². The van der Waals surface area contributed by atoms with Crippen molar-refractivity contribution in [1.29, 1.82) is 0 Å². The Balaban J connectivity index is 2.37. The lowest BCUT2D eigenvalue weighted by atomic mass is 10.3. The maximum atomic E-state index is 13.5. The topological polar surface area (TPSA) is 30.7 Å². The molecule has 0 saturated carbocycles. The Morgan fingerprint density at radius 1 is 1.25 bits per heavy atom. The van der Waals surface area contributed by atoms with Crippen molar-refractivity contribution >= 4 is 54.6 Å². The van der Waals surface area contributed by atoms with Gasteiger partial charge in [0.25, 0.3) is 0 Å². The number of halogens is 4. The second-order valence-corrected chi connectivity index (χ2v) is 6.13. The molecule has 0 fully saturated rings. The summed E-state index contributed by atoms with van der Waals surface area (Å²) in [5.74, 6) is 0.484. The van der Waals surface area contributed by atoms with E-state index < -0.39 is 0 Å². The minimum atomic E-state index is -0.331. The van der Waals surface area contributed by atoms with E-state index in [-0.39, 0.29) is 11.7 Å². The molecule has 0 amide bonds. The van der Waals surface area contributed by atoms with Crippen molar-refractivity contribution < 1.29 is 4.39 Å². The van der Waals surface area contributed by atoms with Crippen LogP contribution >= 0.6 is 43.5 Å². The number of alkyl halides is 1. The van der Waals surface area contributed by atoms with Crippen LogP contribution in [0.5, 0.6) is 0 Å². The predicted molar refractivity (Wildman–Crippen MR) is 83.8 cm³/mol. The van der Waals surface area contributed by atoms with Crippen LogP contribution in [0.15, 0.2) is 39.4 Å². The van der Waals surface area contributed by atoms with E-state index in [4.69, 9.17) is 11.6 Å². The van der Waals surface area contributed by atoms with E-state index in [1.165, 1.54) is 12.1 Å². The molecule has 0 aliphatic heterocycles. The summed E-state index contributed by atoms with van der Waals surface area (Å²) in [5.41, 5.74) is 1.96. The average Bonchev–Trinajstić information content (AvgIpc) is 2.78. The summed E-state index contributed by atoms with van der Waals surface area (Å²) in [4.78, 5) is 8.78. The standard InChI is InChI=1S/C13H7Br2ClFN3/c14-7-3-10-13(18-6-7)20(12(5-16)19-10)11-4-8(17)1-2-9(11)15/h1-4,6H,5H2. The number of aromatic nitrogens is 3. The molecule has 0 aliphatic rings. The molecule has 3 aromatic rings. The number of hydrogen-bond acceptors (Lipinski definition) is 2. The average molecular weight is 419 g/mol. The fourth-order valence-corrected chi connectivity index (χ4v) is 2.91. The molecule has 20 heavy (non-hydrogen) atoms. The Labute approximate surface area is 136 Å². The van der Waals surface area contributed by atoms with Gasteiger partial charge in [-0.3, -0.25) is 4.57 Å². The Hall–Kier alpha value is -0.980. The number of benzene rings is 1. The van der Waals surface area contributed by atoms with Crippen LogP contribution in [0.25, 0.3) is 16.9 Å². The minimum Gasteiger partial charge on any atom is -0.278 e. The molecular formula is C13H7Br2ClFN3. The monoisotopic (exact) mass is 417 g/mol. The van der Waals surface area contributed by atoms with E-state index in [0.717, 1.165) is 8.95 Å². The Kier molecular flexibility index (Phi) is 3.79. The third-order valence-corrected chi connectivity index (χ3v) is 4.15. The highest BCUT2D eigenvalue weighted by molar-refractivity contribution is 9.10. The van der Waals surface area contributed by atoms with Crippen LogP contribution in [0.1, 0.15) is 5.82 Å². The van der Waals surface area contributed by atoms with Gasteiger partial charge >= 0.3 is 0 Å². The summed E-state index contributed by atoms with van der Waals surface area (Å²) in [5, 5.41) is 0. The first-order valence-corrected chi connectivity index (χ1v) is 7.76. The summed E-state index contributed by atoms with van der Waals surface area (Å²) in [7, 11) is 0. The van der Waals surface area contributed by atoms with E-state index in [9.17, 15) is 4.39 Å². The molecule has 0 radical (unpaired) electrons. The van der Waals surface area contributed by atoms with Crippen molar-refractivity contribution in [2.75, 3.05) is 0 Å². The van der Waals surface area contributed by atoms with Crippen LogP contribution in [0.2, 0.25) is 0 Å². The van der Waals surface area contributed by atoms with Gasteiger partial charge in [-0.15, -0.1) is 11.6 Å². The van der Waals surface area contributed by atoms with E-state index in [1.54, 1.807) is 16.8 Å². The lowest BCUT2D eigenvalue weighted by molar-refractivity contribution is 0.626. The number of fused-ring (bicyclic) bond motifs is 1. The van der Waals surface area contributed by atoms with Gasteiger partial charge in [-0.1, -0.05) is 0 Å². The Bertz CT molecular complexity index is 804. The molecule has 2 aromatic heterocycles. The maximum Gasteiger partial charge on any atom is 0.164 e. The van der Waals surface area contributed by atoms with Crippen LogP contribution in [-0.4, -0.2) is 14.5 Å². The smallest absolute Gasteiger partial charge is 0.164 e. The molecule has 1 aromatic carbocycles. The third kappa shape index (κ3) is 2.36. The van der Waals surface area contributed by atoms with Crippen molar-refractivity contribution in [2.45, 2.75) is 5.88 Å². The highest BCUT2D eigenvalue weighted by atomic mass is 79.9. The molecule has 0 N–H and O–H groups in total. The summed E-state index contributed by atoms with van der Waals surface area (Å²) < 4.78 is 16.8. The van der Waals surface area contributed by atoms with E-state index >= 15 is 0 Å². The van der Waals surface area contributed by atoms with Gasteiger partial charge in [-0.2, -0.15) is 0 Å². The van der Waals surface area contributed by atoms with E-state index in [2.05, 4.69) is 41.8 Å². The summed E-state index contributed by atoms with van der Waals surface area (Å²) in [6, 6.07) is 6.30. The molecule has 0 spiro atoms. The summed E-state index contributed by atoms with van der Waals surface area (Å²) in [6.07, 6.45) is 1.67. The van der Waals surface area contributed by atoms with Crippen molar-refractivity contribution in [1.82, 2.24) is 14.5 Å². The van der Waals surface area contributed by atoms with Crippen LogP contribution < -0.4 is 0 Å². The number of rotatable bonds is 2. The molecule has 7 heteroatoms. The fraction of sp³-hybridized carbons (Fsp3) is 0.0769. The van der Waals surface area contributed by atoms with E-state index in [0.29, 0.717) is 22.7 Å². The van der Waals surface area contributed by atoms with Crippen LogP contribution in [-0.2, 0) is 5.88 Å². The number of hydrogen-bond donors (Lipinski definition) is 0. The Morgan fingerprint density at radius 2 is 2.05 bits per heavy atom. The number of nitrogens with zero attached hydrogens (tertiary/aromatic N) is 3. The van der Waals surface area contributed by atoms with Gasteiger partial charge in [0, 0.05) is 15.1 Å². The molecule has 2 heterocycles. The second kappa shape index (κ2) is 5.42. The summed E-state index contributed by atoms with van der Waals surface area (Å²) >= 11 is 12.7. The zero-order valence-corrected chi connectivity index (χ0v) is 13.9. The van der Waals surface area contributed by atoms with Crippen molar-refractivity contribution in [3.63, 3.8) is 0 Å². The maximum absolute atomic E-state index is 13.5. The van der Waals surface area contributed by atoms with Gasteiger partial charge in [0.15, 0.2) is 5.65 Å². The molecule has 0 atom stereocenters. The SMILES string of the molecule is Fc1ccc(Br)c(-n2c(CCl)nc3cc(Br)cnc32)c1. The largest absolute Gasteiger partial charge is 0.278 e. The van der Waals surface area contributed by atoms with Crippen LogP contribution in [0.3, 0.4) is 0 Å². The zero-order chi connectivity index (χ0) is 14.3. The van der Waals surface area contributed by atoms with Gasteiger partial charge in [-0.05, 0) is 56.1 Å². The number of pyridine rings is 1. The third-order valence-electron chi connectivity index (χ3n) is 2.80. The highest BCUT2D eigenvalue weighted by Gasteiger charge is 2.15. The molecule has 0 bridgehead atoms. The van der Waals surface area contributed by atoms with Gasteiger partial charge in [0.2, 0.25) is 0 Å². The molecular weight excluding hydrogens is 412 g/mol. The quantitative estimate of drug-likeness (QED) is 0.558. The molecule has 0 saturated heterocycles. The summed E-state index contributed by atoms with van der Waals surface area (Å²) in [6.45, 7) is 0.